The zero-order valence-corrected chi connectivity index (χ0v) is 24.8. The van der Waals surface area contributed by atoms with Crippen molar-refractivity contribution in [3.05, 3.63) is 77.7 Å². The monoisotopic (exact) mass is 559 g/mol. The minimum absolute atomic E-state index is 0.166. The van der Waals surface area contributed by atoms with Gasteiger partial charge in [0.15, 0.2) is 0 Å². The largest absolute Gasteiger partial charge is 0.477 e. The van der Waals surface area contributed by atoms with Crippen LogP contribution in [0.3, 0.4) is 0 Å². The van der Waals surface area contributed by atoms with Crippen LogP contribution in [0.15, 0.2) is 61.1 Å². The van der Waals surface area contributed by atoms with E-state index in [0.717, 1.165) is 30.5 Å². The first-order valence-electron chi connectivity index (χ1n) is 14.1. The number of ether oxygens (including phenoxy) is 2. The lowest BCUT2D eigenvalue weighted by Gasteiger charge is -2.30. The molecule has 1 aromatic carbocycles. The SMILES string of the molecule is CC(C)(C)OC(=O)C(Oc1cc(NC(=O)c2cccnc2NCc2ccncc2)ccc1C(C)(C)C)C1CCCN1. The molecule has 2 atom stereocenters. The van der Waals surface area contributed by atoms with Crippen LogP contribution < -0.4 is 20.7 Å². The van der Waals surface area contributed by atoms with Crippen molar-refractivity contribution in [2.75, 3.05) is 17.2 Å². The standard InChI is InChI=1S/C32H41N5O4/c1-31(2,3)24-12-11-22(19-26(24)40-27(25-10-8-15-34-25)30(39)41-32(4,5)6)37-29(38)23-9-7-16-35-28(23)36-20-21-13-17-33-18-14-21/h7,9,11-14,16-19,25,27,34H,8,10,15,20H2,1-6H3,(H,35,36)(H,37,38). The fraction of sp³-hybridized carbons (Fsp3) is 0.438. The van der Waals surface area contributed by atoms with Crippen molar-refractivity contribution in [2.24, 2.45) is 0 Å². The molecule has 2 aromatic heterocycles. The number of amides is 1. The van der Waals surface area contributed by atoms with Crippen LogP contribution in [0.1, 0.15) is 75.9 Å². The highest BCUT2D eigenvalue weighted by molar-refractivity contribution is 6.07. The second-order valence-corrected chi connectivity index (χ2v) is 12.3. The van der Waals surface area contributed by atoms with Crippen LogP contribution in [0, 0.1) is 0 Å². The number of carbonyl (C=O) groups excluding carboxylic acids is 2. The summed E-state index contributed by atoms with van der Waals surface area (Å²) in [6.07, 6.45) is 6.02. The second-order valence-electron chi connectivity index (χ2n) is 12.3. The normalized spacial score (nSPS) is 16.1. The smallest absolute Gasteiger partial charge is 0.349 e. The molecule has 0 saturated carbocycles. The van der Waals surface area contributed by atoms with Gasteiger partial charge in [0.05, 0.1) is 11.6 Å². The van der Waals surface area contributed by atoms with E-state index in [0.29, 0.717) is 29.4 Å². The summed E-state index contributed by atoms with van der Waals surface area (Å²) in [5.41, 5.74) is 1.98. The van der Waals surface area contributed by atoms with E-state index in [-0.39, 0.29) is 17.4 Å². The van der Waals surface area contributed by atoms with Gasteiger partial charge in [-0.1, -0.05) is 26.8 Å². The molecule has 0 aliphatic carbocycles. The lowest BCUT2D eigenvalue weighted by molar-refractivity contribution is -0.164. The number of carbonyl (C=O) groups is 2. The highest BCUT2D eigenvalue weighted by atomic mass is 16.6. The predicted octanol–water partition coefficient (Wildman–Crippen LogP) is 5.48. The molecular weight excluding hydrogens is 518 g/mol. The van der Waals surface area contributed by atoms with E-state index in [1.54, 1.807) is 36.8 Å². The van der Waals surface area contributed by atoms with Crippen molar-refractivity contribution >= 4 is 23.4 Å². The highest BCUT2D eigenvalue weighted by Gasteiger charge is 2.37. The average Bonchev–Trinajstić information content (AvgIpc) is 3.44. The van der Waals surface area contributed by atoms with Crippen molar-refractivity contribution in [1.82, 2.24) is 15.3 Å². The number of nitrogens with one attached hydrogen (secondary N) is 3. The molecular formula is C32H41N5O4. The van der Waals surface area contributed by atoms with E-state index in [9.17, 15) is 9.59 Å². The Hall–Kier alpha value is -3.98. The average molecular weight is 560 g/mol. The first-order chi connectivity index (χ1) is 19.4. The Bertz CT molecular complexity index is 1340. The molecule has 1 saturated heterocycles. The Kier molecular flexibility index (Phi) is 9.28. The maximum atomic E-state index is 13.4. The highest BCUT2D eigenvalue weighted by Crippen LogP contribution is 2.35. The topological polar surface area (TPSA) is 114 Å². The van der Waals surface area contributed by atoms with E-state index in [1.165, 1.54) is 0 Å². The van der Waals surface area contributed by atoms with Gasteiger partial charge >= 0.3 is 5.97 Å². The molecule has 0 radical (unpaired) electrons. The molecule has 3 heterocycles. The molecule has 1 aliphatic heterocycles. The van der Waals surface area contributed by atoms with E-state index in [1.807, 2.05) is 45.0 Å². The van der Waals surface area contributed by atoms with Gasteiger partial charge in [-0.3, -0.25) is 9.78 Å². The molecule has 0 spiro atoms. The summed E-state index contributed by atoms with van der Waals surface area (Å²) >= 11 is 0. The Morgan fingerprint density at radius 1 is 1.05 bits per heavy atom. The minimum Gasteiger partial charge on any atom is -0.477 e. The molecule has 1 aliphatic rings. The third-order valence-electron chi connectivity index (χ3n) is 6.67. The van der Waals surface area contributed by atoms with Crippen LogP contribution in [0.5, 0.6) is 5.75 Å². The molecule has 3 N–H and O–H groups in total. The fourth-order valence-electron chi connectivity index (χ4n) is 4.69. The van der Waals surface area contributed by atoms with Gasteiger partial charge in [-0.25, -0.2) is 9.78 Å². The molecule has 9 heteroatoms. The summed E-state index contributed by atoms with van der Waals surface area (Å²) in [4.78, 5) is 35.1. The first kappa shape index (κ1) is 30.0. The van der Waals surface area contributed by atoms with Crippen LogP contribution in [0.4, 0.5) is 11.5 Å². The number of anilines is 2. The number of benzene rings is 1. The number of aromatic nitrogens is 2. The molecule has 1 amide bonds. The number of rotatable bonds is 9. The van der Waals surface area contributed by atoms with Crippen molar-refractivity contribution < 1.29 is 19.1 Å². The van der Waals surface area contributed by atoms with Crippen molar-refractivity contribution in [1.29, 1.82) is 0 Å². The van der Waals surface area contributed by atoms with Gasteiger partial charge in [-0.15, -0.1) is 0 Å². The van der Waals surface area contributed by atoms with E-state index in [4.69, 9.17) is 9.47 Å². The van der Waals surface area contributed by atoms with Gasteiger partial charge < -0.3 is 25.4 Å². The molecule has 0 bridgehead atoms. The maximum Gasteiger partial charge on any atom is 0.349 e. The number of nitrogens with zero attached hydrogens (tertiary/aromatic N) is 2. The number of hydrogen-bond acceptors (Lipinski definition) is 8. The lowest BCUT2D eigenvalue weighted by Crippen LogP contribution is -2.47. The molecule has 41 heavy (non-hydrogen) atoms. The van der Waals surface area contributed by atoms with E-state index < -0.39 is 17.7 Å². The molecule has 1 fully saturated rings. The molecule has 218 valence electrons. The summed E-state index contributed by atoms with van der Waals surface area (Å²) < 4.78 is 12.2. The van der Waals surface area contributed by atoms with Gasteiger partial charge in [-0.05, 0) is 87.0 Å². The van der Waals surface area contributed by atoms with Crippen LogP contribution in [-0.4, -0.2) is 46.1 Å². The number of esters is 1. The summed E-state index contributed by atoms with van der Waals surface area (Å²) in [6, 6.07) is 12.7. The third-order valence-corrected chi connectivity index (χ3v) is 6.67. The summed E-state index contributed by atoms with van der Waals surface area (Å²) in [7, 11) is 0. The summed E-state index contributed by atoms with van der Waals surface area (Å²) in [6.45, 7) is 13.1. The molecule has 4 rings (SSSR count). The van der Waals surface area contributed by atoms with Crippen LogP contribution in [-0.2, 0) is 21.5 Å². The van der Waals surface area contributed by atoms with Gasteiger partial charge in [0.2, 0.25) is 6.10 Å². The van der Waals surface area contributed by atoms with Gasteiger partial charge in [0, 0.05) is 36.9 Å². The minimum atomic E-state index is -0.828. The van der Waals surface area contributed by atoms with Gasteiger partial charge in [-0.2, -0.15) is 0 Å². The van der Waals surface area contributed by atoms with E-state index in [2.05, 4.69) is 46.7 Å². The van der Waals surface area contributed by atoms with Crippen molar-refractivity contribution in [3.8, 4) is 5.75 Å². The Balaban J connectivity index is 1.59. The zero-order valence-electron chi connectivity index (χ0n) is 24.8. The Morgan fingerprint density at radius 2 is 1.80 bits per heavy atom. The third kappa shape index (κ3) is 8.27. The molecule has 3 aromatic rings. The Morgan fingerprint density at radius 3 is 2.46 bits per heavy atom. The maximum absolute atomic E-state index is 13.4. The van der Waals surface area contributed by atoms with Crippen molar-refractivity contribution in [3.63, 3.8) is 0 Å². The number of hydrogen-bond donors (Lipinski definition) is 3. The van der Waals surface area contributed by atoms with Crippen molar-refractivity contribution in [2.45, 2.75) is 84.1 Å². The van der Waals surface area contributed by atoms with E-state index >= 15 is 0 Å². The van der Waals surface area contributed by atoms with Gasteiger partial charge in [0.1, 0.15) is 17.2 Å². The predicted molar refractivity (Wildman–Crippen MR) is 160 cm³/mol. The van der Waals surface area contributed by atoms with Crippen LogP contribution >= 0.6 is 0 Å². The molecule has 9 nitrogen and oxygen atoms in total. The lowest BCUT2D eigenvalue weighted by atomic mass is 9.86. The Labute approximate surface area is 242 Å². The second kappa shape index (κ2) is 12.7. The van der Waals surface area contributed by atoms with Gasteiger partial charge in [0.25, 0.3) is 5.91 Å². The summed E-state index contributed by atoms with van der Waals surface area (Å²) in [5, 5.41) is 9.61. The quantitative estimate of drug-likeness (QED) is 0.295. The summed E-state index contributed by atoms with van der Waals surface area (Å²) in [5.74, 6) is 0.279. The van der Waals surface area contributed by atoms with Crippen LogP contribution in [0.2, 0.25) is 0 Å². The fourth-order valence-corrected chi connectivity index (χ4v) is 4.69. The van der Waals surface area contributed by atoms with Crippen LogP contribution in [0.25, 0.3) is 0 Å². The zero-order chi connectivity index (χ0) is 29.6. The molecule has 2 unspecified atom stereocenters. The first-order valence-corrected chi connectivity index (χ1v) is 14.1. The number of pyridine rings is 2.